The van der Waals surface area contributed by atoms with E-state index in [9.17, 15) is 4.79 Å². The van der Waals surface area contributed by atoms with Gasteiger partial charge in [-0.2, -0.15) is 0 Å². The first kappa shape index (κ1) is 16.7. The number of rotatable bonds is 10. The molecule has 0 fully saturated rings. The molecule has 0 saturated heterocycles. The second-order valence-corrected chi connectivity index (χ2v) is 5.40. The minimum absolute atomic E-state index is 0.151. The van der Waals surface area contributed by atoms with E-state index in [4.69, 9.17) is 4.74 Å². The van der Waals surface area contributed by atoms with Crippen molar-refractivity contribution in [1.82, 2.24) is 0 Å². The lowest BCUT2D eigenvalue weighted by molar-refractivity contribution is 0.0899. The van der Waals surface area contributed by atoms with Gasteiger partial charge in [-0.05, 0) is 25.0 Å². The fourth-order valence-electron chi connectivity index (χ4n) is 2.57. The maximum Gasteiger partial charge on any atom is 0.169 e. The molecular formula is C18H28O2. The van der Waals surface area contributed by atoms with Gasteiger partial charge in [0.25, 0.3) is 0 Å². The molecule has 2 nitrogen and oxygen atoms in total. The number of hydrogen-bond acceptors (Lipinski definition) is 2. The van der Waals surface area contributed by atoms with Gasteiger partial charge in [0.2, 0.25) is 0 Å². The van der Waals surface area contributed by atoms with E-state index in [0.717, 1.165) is 37.7 Å². The molecule has 1 unspecified atom stereocenters. The molecule has 0 aliphatic rings. The number of benzene rings is 1. The van der Waals surface area contributed by atoms with Crippen molar-refractivity contribution in [3.05, 3.63) is 29.8 Å². The molecule has 0 aromatic heterocycles. The summed E-state index contributed by atoms with van der Waals surface area (Å²) in [6.45, 7) is 4.37. The molecule has 0 heterocycles. The molecule has 0 amide bonds. The van der Waals surface area contributed by atoms with Crippen molar-refractivity contribution in [3.63, 3.8) is 0 Å². The van der Waals surface area contributed by atoms with E-state index >= 15 is 0 Å². The molecule has 20 heavy (non-hydrogen) atoms. The van der Waals surface area contributed by atoms with Crippen LogP contribution in [0.25, 0.3) is 0 Å². The average molecular weight is 276 g/mol. The van der Waals surface area contributed by atoms with Crippen molar-refractivity contribution in [2.75, 3.05) is 7.11 Å². The minimum atomic E-state index is 0.151. The number of carbonyl (C=O) groups excluding carboxylic acids is 1. The van der Waals surface area contributed by atoms with Crippen molar-refractivity contribution in [1.29, 1.82) is 0 Å². The van der Waals surface area contributed by atoms with Gasteiger partial charge in [-0.25, -0.2) is 0 Å². The Morgan fingerprint density at radius 2 is 1.70 bits per heavy atom. The number of ketones is 1. The summed E-state index contributed by atoms with van der Waals surface area (Å²) < 4.78 is 5.33. The number of methoxy groups -OCH3 is 1. The molecule has 0 N–H and O–H groups in total. The summed E-state index contributed by atoms with van der Waals surface area (Å²) in [6.07, 6.45) is 7.82. The molecule has 0 aliphatic carbocycles. The maximum absolute atomic E-state index is 12.7. The quantitative estimate of drug-likeness (QED) is 0.430. The van der Waals surface area contributed by atoms with Crippen LogP contribution in [0.5, 0.6) is 5.75 Å². The first-order valence-electron chi connectivity index (χ1n) is 7.91. The standard InChI is InChI=1S/C18H28O2/c1-4-6-8-12-15(11-7-5-2)18(19)16-13-9-10-14-17(16)20-3/h9-10,13-15H,4-8,11-12H2,1-3H3. The zero-order valence-corrected chi connectivity index (χ0v) is 13.2. The molecule has 1 rings (SSSR count). The Labute approximate surface area is 123 Å². The molecule has 0 bridgehead atoms. The van der Waals surface area contributed by atoms with Crippen LogP contribution in [-0.2, 0) is 0 Å². The van der Waals surface area contributed by atoms with Gasteiger partial charge in [0.05, 0.1) is 12.7 Å². The number of unbranched alkanes of at least 4 members (excludes halogenated alkanes) is 3. The Morgan fingerprint density at radius 1 is 1.05 bits per heavy atom. The molecule has 0 radical (unpaired) electrons. The number of carbonyl (C=O) groups is 1. The van der Waals surface area contributed by atoms with Crippen LogP contribution in [0.2, 0.25) is 0 Å². The lowest BCUT2D eigenvalue weighted by Crippen LogP contribution is -2.16. The summed E-state index contributed by atoms with van der Waals surface area (Å²) >= 11 is 0. The van der Waals surface area contributed by atoms with Gasteiger partial charge < -0.3 is 4.74 Å². The zero-order chi connectivity index (χ0) is 14.8. The Hall–Kier alpha value is -1.31. The van der Waals surface area contributed by atoms with Gasteiger partial charge in [-0.1, -0.05) is 58.1 Å². The van der Waals surface area contributed by atoms with Crippen molar-refractivity contribution < 1.29 is 9.53 Å². The van der Waals surface area contributed by atoms with Crippen LogP contribution in [-0.4, -0.2) is 12.9 Å². The highest BCUT2D eigenvalue weighted by Crippen LogP contribution is 2.26. The van der Waals surface area contributed by atoms with Crippen molar-refractivity contribution >= 4 is 5.78 Å². The van der Waals surface area contributed by atoms with Crippen LogP contribution in [0.15, 0.2) is 24.3 Å². The van der Waals surface area contributed by atoms with E-state index in [-0.39, 0.29) is 11.7 Å². The Morgan fingerprint density at radius 3 is 2.35 bits per heavy atom. The topological polar surface area (TPSA) is 26.3 Å². The van der Waals surface area contributed by atoms with Crippen LogP contribution < -0.4 is 4.74 Å². The van der Waals surface area contributed by atoms with E-state index < -0.39 is 0 Å². The lowest BCUT2D eigenvalue weighted by Gasteiger charge is -2.17. The second-order valence-electron chi connectivity index (χ2n) is 5.40. The highest BCUT2D eigenvalue weighted by molar-refractivity contribution is 6.00. The SMILES string of the molecule is CCCCCC(CCCC)C(=O)c1ccccc1OC. The fourth-order valence-corrected chi connectivity index (χ4v) is 2.57. The predicted molar refractivity (Wildman–Crippen MR) is 84.5 cm³/mol. The Bertz CT molecular complexity index is 398. The number of para-hydroxylation sites is 1. The number of ether oxygens (including phenoxy) is 1. The van der Waals surface area contributed by atoms with Gasteiger partial charge in [-0.3, -0.25) is 4.79 Å². The summed E-state index contributed by atoms with van der Waals surface area (Å²) in [5, 5.41) is 0. The minimum Gasteiger partial charge on any atom is -0.496 e. The smallest absolute Gasteiger partial charge is 0.169 e. The molecule has 0 aliphatic heterocycles. The summed E-state index contributed by atoms with van der Waals surface area (Å²) in [4.78, 5) is 12.7. The van der Waals surface area contributed by atoms with Crippen molar-refractivity contribution in [2.45, 2.75) is 58.8 Å². The summed E-state index contributed by atoms with van der Waals surface area (Å²) in [6, 6.07) is 7.59. The summed E-state index contributed by atoms with van der Waals surface area (Å²) in [5.74, 6) is 1.11. The highest BCUT2D eigenvalue weighted by Gasteiger charge is 2.21. The van der Waals surface area contributed by atoms with Crippen molar-refractivity contribution in [2.24, 2.45) is 5.92 Å². The number of Topliss-reactive ketones (excluding diaryl/α,β-unsaturated/α-hetero) is 1. The molecular weight excluding hydrogens is 248 g/mol. The predicted octanol–water partition coefficient (Wildman–Crippen LogP) is 5.26. The van der Waals surface area contributed by atoms with Gasteiger partial charge in [-0.15, -0.1) is 0 Å². The molecule has 1 aromatic rings. The third-order valence-corrected chi connectivity index (χ3v) is 3.81. The van der Waals surface area contributed by atoms with E-state index in [1.807, 2.05) is 24.3 Å². The summed E-state index contributed by atoms with van der Waals surface area (Å²) in [5.41, 5.74) is 0.743. The third kappa shape index (κ3) is 4.99. The van der Waals surface area contributed by atoms with E-state index in [0.29, 0.717) is 5.75 Å². The summed E-state index contributed by atoms with van der Waals surface area (Å²) in [7, 11) is 1.63. The van der Waals surface area contributed by atoms with Crippen LogP contribution in [0.3, 0.4) is 0 Å². The zero-order valence-electron chi connectivity index (χ0n) is 13.2. The Kier molecular flexibility index (Phi) is 8.01. The van der Waals surface area contributed by atoms with Gasteiger partial charge >= 0.3 is 0 Å². The largest absolute Gasteiger partial charge is 0.496 e. The van der Waals surface area contributed by atoms with E-state index in [1.54, 1.807) is 7.11 Å². The molecule has 1 aromatic carbocycles. The monoisotopic (exact) mass is 276 g/mol. The van der Waals surface area contributed by atoms with Crippen LogP contribution in [0.1, 0.15) is 69.2 Å². The lowest BCUT2D eigenvalue weighted by atomic mass is 9.88. The fraction of sp³-hybridized carbons (Fsp3) is 0.611. The molecule has 112 valence electrons. The first-order valence-corrected chi connectivity index (χ1v) is 7.91. The van der Waals surface area contributed by atoms with E-state index in [2.05, 4.69) is 13.8 Å². The average Bonchev–Trinajstić information content (AvgIpc) is 2.50. The van der Waals surface area contributed by atoms with Crippen LogP contribution >= 0.6 is 0 Å². The van der Waals surface area contributed by atoms with Crippen molar-refractivity contribution in [3.8, 4) is 5.75 Å². The maximum atomic E-state index is 12.7. The molecule has 0 saturated carbocycles. The number of hydrogen-bond donors (Lipinski definition) is 0. The van der Waals surface area contributed by atoms with Gasteiger partial charge in [0.1, 0.15) is 5.75 Å². The normalized spacial score (nSPS) is 12.2. The first-order chi connectivity index (χ1) is 9.74. The molecule has 2 heteroatoms. The van der Waals surface area contributed by atoms with Gasteiger partial charge in [0, 0.05) is 5.92 Å². The van der Waals surface area contributed by atoms with Crippen LogP contribution in [0.4, 0.5) is 0 Å². The Balaban J connectivity index is 2.79. The molecule has 1 atom stereocenters. The van der Waals surface area contributed by atoms with Gasteiger partial charge in [0.15, 0.2) is 5.78 Å². The molecule has 0 spiro atoms. The third-order valence-electron chi connectivity index (χ3n) is 3.81. The van der Waals surface area contributed by atoms with Crippen LogP contribution in [0, 0.1) is 5.92 Å². The highest BCUT2D eigenvalue weighted by atomic mass is 16.5. The van der Waals surface area contributed by atoms with E-state index in [1.165, 1.54) is 12.8 Å². The second kappa shape index (κ2) is 9.57.